The number of carbonyl (C=O) groups excluding carboxylic acids is 1. The van der Waals surface area contributed by atoms with Crippen LogP contribution < -0.4 is 20.9 Å². The molecule has 5 nitrogen and oxygen atoms in total. The maximum Gasteiger partial charge on any atom is 0.242 e. The molecule has 1 fully saturated rings. The van der Waals surface area contributed by atoms with Crippen molar-refractivity contribution in [2.75, 3.05) is 11.9 Å². The number of anilines is 1. The number of benzene rings is 2. The average Bonchev–Trinajstić information content (AvgIpc) is 3.09. The topological polar surface area (TPSA) is 62.4 Å². The van der Waals surface area contributed by atoms with E-state index in [0.717, 1.165) is 11.3 Å². The molecule has 0 aromatic heterocycles. The monoisotopic (exact) mass is 379 g/mol. The highest BCUT2D eigenvalue weighted by molar-refractivity contribution is 6.42. The number of hydrogen-bond donors (Lipinski definition) is 3. The Labute approximate surface area is 156 Å². The van der Waals surface area contributed by atoms with Crippen molar-refractivity contribution in [2.45, 2.75) is 25.4 Å². The molecule has 2 aromatic rings. The molecule has 7 heteroatoms. The van der Waals surface area contributed by atoms with Gasteiger partial charge in [0.2, 0.25) is 5.91 Å². The van der Waals surface area contributed by atoms with E-state index in [4.69, 9.17) is 27.9 Å². The van der Waals surface area contributed by atoms with Crippen LogP contribution in [0.1, 0.15) is 24.9 Å². The number of nitrogens with one attached hydrogen (secondary N) is 3. The number of ether oxygens (including phenoxy) is 1. The van der Waals surface area contributed by atoms with Gasteiger partial charge in [0.05, 0.1) is 16.7 Å². The maximum atomic E-state index is 12.4. The third-order valence-electron chi connectivity index (χ3n) is 4.00. The van der Waals surface area contributed by atoms with E-state index in [1.165, 1.54) is 0 Å². The summed E-state index contributed by atoms with van der Waals surface area (Å²) in [6.45, 7) is 2.59. The number of hydrogen-bond acceptors (Lipinski definition) is 4. The molecule has 0 aliphatic carbocycles. The van der Waals surface area contributed by atoms with E-state index < -0.39 is 0 Å². The van der Waals surface area contributed by atoms with Gasteiger partial charge in [-0.25, -0.2) is 10.9 Å². The summed E-state index contributed by atoms with van der Waals surface area (Å²) in [4.78, 5) is 12.4. The minimum Gasteiger partial charge on any atom is -0.494 e. The molecule has 2 atom stereocenters. The number of halogens is 2. The molecule has 1 aliphatic rings. The number of carbonyl (C=O) groups is 1. The Morgan fingerprint density at radius 1 is 1.16 bits per heavy atom. The van der Waals surface area contributed by atoms with Gasteiger partial charge in [0.15, 0.2) is 0 Å². The first-order valence-corrected chi connectivity index (χ1v) is 8.82. The highest BCUT2D eigenvalue weighted by atomic mass is 35.5. The number of hydrazine groups is 1. The molecule has 25 heavy (non-hydrogen) atoms. The van der Waals surface area contributed by atoms with Crippen molar-refractivity contribution in [3.8, 4) is 5.75 Å². The van der Waals surface area contributed by atoms with Crippen molar-refractivity contribution in [1.29, 1.82) is 0 Å². The van der Waals surface area contributed by atoms with E-state index in [2.05, 4.69) is 16.2 Å². The zero-order valence-electron chi connectivity index (χ0n) is 13.7. The fourth-order valence-electron chi connectivity index (χ4n) is 2.71. The molecule has 0 radical (unpaired) electrons. The summed E-state index contributed by atoms with van der Waals surface area (Å²) in [5.41, 5.74) is 7.92. The molecule has 1 amide bonds. The minimum atomic E-state index is -0.342. The third kappa shape index (κ3) is 4.44. The normalized spacial score (nSPS) is 19.6. The predicted molar refractivity (Wildman–Crippen MR) is 100 cm³/mol. The minimum absolute atomic E-state index is 0.0558. The summed E-state index contributed by atoms with van der Waals surface area (Å²) < 4.78 is 5.45. The lowest BCUT2D eigenvalue weighted by molar-refractivity contribution is -0.117. The Kier molecular flexibility index (Phi) is 5.81. The smallest absolute Gasteiger partial charge is 0.242 e. The van der Waals surface area contributed by atoms with E-state index in [9.17, 15) is 4.79 Å². The van der Waals surface area contributed by atoms with E-state index in [1.807, 2.05) is 31.2 Å². The first-order valence-electron chi connectivity index (χ1n) is 8.06. The van der Waals surface area contributed by atoms with Gasteiger partial charge in [-0.3, -0.25) is 4.79 Å². The van der Waals surface area contributed by atoms with Crippen LogP contribution in [-0.2, 0) is 4.79 Å². The molecule has 0 bridgehead atoms. The van der Waals surface area contributed by atoms with Gasteiger partial charge in [0.25, 0.3) is 0 Å². The molecule has 0 saturated carbocycles. The van der Waals surface area contributed by atoms with Gasteiger partial charge < -0.3 is 10.1 Å². The zero-order valence-corrected chi connectivity index (χ0v) is 15.2. The molecule has 2 aromatic carbocycles. The summed E-state index contributed by atoms with van der Waals surface area (Å²) in [7, 11) is 0. The van der Waals surface area contributed by atoms with E-state index >= 15 is 0 Å². The zero-order chi connectivity index (χ0) is 17.8. The van der Waals surface area contributed by atoms with Crippen LogP contribution in [0.5, 0.6) is 5.75 Å². The Morgan fingerprint density at radius 3 is 2.60 bits per heavy atom. The summed E-state index contributed by atoms with van der Waals surface area (Å²) in [6.07, 6.45) is 0.640. The summed E-state index contributed by atoms with van der Waals surface area (Å²) >= 11 is 11.9. The van der Waals surface area contributed by atoms with Gasteiger partial charge in [-0.2, -0.15) is 0 Å². The van der Waals surface area contributed by atoms with Crippen molar-refractivity contribution in [3.05, 3.63) is 58.1 Å². The Morgan fingerprint density at radius 2 is 1.92 bits per heavy atom. The molecule has 3 rings (SSSR count). The lowest BCUT2D eigenvalue weighted by Gasteiger charge is -2.12. The summed E-state index contributed by atoms with van der Waals surface area (Å²) in [5.74, 6) is 0.713. The Bertz CT molecular complexity index is 752. The van der Waals surface area contributed by atoms with Gasteiger partial charge in [-0.05, 0) is 49.2 Å². The van der Waals surface area contributed by atoms with Crippen molar-refractivity contribution in [3.63, 3.8) is 0 Å². The Balaban J connectivity index is 1.59. The van der Waals surface area contributed by atoms with Crippen molar-refractivity contribution in [1.82, 2.24) is 10.9 Å². The summed E-state index contributed by atoms with van der Waals surface area (Å²) in [5, 5.41) is 3.71. The molecular weight excluding hydrogens is 361 g/mol. The van der Waals surface area contributed by atoms with Crippen LogP contribution in [-0.4, -0.2) is 18.6 Å². The molecule has 0 spiro atoms. The van der Waals surface area contributed by atoms with Crippen LogP contribution in [0, 0.1) is 0 Å². The van der Waals surface area contributed by atoms with Crippen molar-refractivity contribution < 1.29 is 9.53 Å². The molecule has 2 unspecified atom stereocenters. The fourth-order valence-corrected chi connectivity index (χ4v) is 3.01. The SMILES string of the molecule is CCOc1ccc(C2CC(C(=O)Nc3ccc(Cl)c(Cl)c3)NN2)cc1. The second-order valence-electron chi connectivity index (χ2n) is 5.75. The van der Waals surface area contributed by atoms with E-state index in [-0.39, 0.29) is 18.0 Å². The van der Waals surface area contributed by atoms with Crippen LogP contribution in [0.25, 0.3) is 0 Å². The number of amides is 1. The molecule has 1 saturated heterocycles. The largest absolute Gasteiger partial charge is 0.494 e. The first-order chi connectivity index (χ1) is 12.1. The van der Waals surface area contributed by atoms with Crippen molar-refractivity contribution >= 4 is 34.8 Å². The van der Waals surface area contributed by atoms with Crippen LogP contribution in [0.3, 0.4) is 0 Å². The van der Waals surface area contributed by atoms with Crippen LogP contribution >= 0.6 is 23.2 Å². The predicted octanol–water partition coefficient (Wildman–Crippen LogP) is 3.94. The van der Waals surface area contributed by atoms with Crippen molar-refractivity contribution in [2.24, 2.45) is 0 Å². The van der Waals surface area contributed by atoms with E-state index in [1.54, 1.807) is 18.2 Å². The molecule has 1 aliphatic heterocycles. The first kappa shape index (κ1) is 18.0. The highest BCUT2D eigenvalue weighted by Crippen LogP contribution is 2.27. The fraction of sp³-hybridized carbons (Fsp3) is 0.278. The van der Waals surface area contributed by atoms with Crippen LogP contribution in [0.15, 0.2) is 42.5 Å². The van der Waals surface area contributed by atoms with Gasteiger partial charge in [-0.1, -0.05) is 35.3 Å². The molecule has 1 heterocycles. The third-order valence-corrected chi connectivity index (χ3v) is 4.74. The molecule has 132 valence electrons. The second-order valence-corrected chi connectivity index (χ2v) is 6.56. The second kappa shape index (κ2) is 8.06. The van der Waals surface area contributed by atoms with E-state index in [0.29, 0.717) is 28.8 Å². The van der Waals surface area contributed by atoms with Crippen LogP contribution in [0.4, 0.5) is 5.69 Å². The van der Waals surface area contributed by atoms with Gasteiger partial charge >= 0.3 is 0 Å². The van der Waals surface area contributed by atoms with Crippen LogP contribution in [0.2, 0.25) is 10.0 Å². The van der Waals surface area contributed by atoms with Gasteiger partial charge in [0.1, 0.15) is 11.8 Å². The quantitative estimate of drug-likeness (QED) is 0.736. The highest BCUT2D eigenvalue weighted by Gasteiger charge is 2.30. The average molecular weight is 380 g/mol. The Hall–Kier alpha value is -1.79. The summed E-state index contributed by atoms with van der Waals surface area (Å²) in [6, 6.07) is 12.6. The maximum absolute atomic E-state index is 12.4. The lowest BCUT2D eigenvalue weighted by Crippen LogP contribution is -2.39. The molecule has 3 N–H and O–H groups in total. The van der Waals surface area contributed by atoms with Gasteiger partial charge in [0, 0.05) is 11.7 Å². The standard InChI is InChI=1S/C18H19Cl2N3O2/c1-2-25-13-6-3-11(4-7-13)16-10-17(23-22-16)18(24)21-12-5-8-14(19)15(20)9-12/h3-9,16-17,22-23H,2,10H2,1H3,(H,21,24). The van der Waals surface area contributed by atoms with Gasteiger partial charge in [-0.15, -0.1) is 0 Å². The lowest BCUT2D eigenvalue weighted by atomic mass is 10.0. The number of rotatable bonds is 5. The molecular formula is C18H19Cl2N3O2.